The van der Waals surface area contributed by atoms with Gasteiger partial charge in [0.2, 0.25) is 0 Å². The van der Waals surface area contributed by atoms with Crippen molar-refractivity contribution >= 4 is 12.0 Å². The van der Waals surface area contributed by atoms with Crippen LogP contribution in [0.4, 0.5) is 8.78 Å². The van der Waals surface area contributed by atoms with E-state index in [4.69, 9.17) is 0 Å². The zero-order valence-electron chi connectivity index (χ0n) is 19.3. The van der Waals surface area contributed by atoms with Gasteiger partial charge in [0.05, 0.1) is 35.5 Å². The second kappa shape index (κ2) is 10.2. The highest BCUT2D eigenvalue weighted by Gasteiger charge is 2.17. The number of nitrogens with zero attached hydrogens (tertiary/aromatic N) is 7. The van der Waals surface area contributed by atoms with Crippen molar-refractivity contribution in [3.05, 3.63) is 83.3 Å². The third kappa shape index (κ3) is 5.75. The SMILES string of the molecule is Cc1cnc(CNC(=O)c2cc(-c3ccc(C=C(F)F)cn3)cc(-n3nnnc3C(C)C)c2)cn1. The maximum absolute atomic E-state index is 13.1. The molecule has 0 atom stereocenters. The molecule has 0 aliphatic rings. The van der Waals surface area contributed by atoms with Gasteiger partial charge in [-0.3, -0.25) is 19.7 Å². The molecule has 1 amide bonds. The van der Waals surface area contributed by atoms with Crippen LogP contribution in [0.3, 0.4) is 0 Å². The maximum atomic E-state index is 13.1. The lowest BCUT2D eigenvalue weighted by Crippen LogP contribution is -2.23. The summed E-state index contributed by atoms with van der Waals surface area (Å²) in [5.41, 5.74) is 3.69. The number of carbonyl (C=O) groups excluding carboxylic acids is 1. The van der Waals surface area contributed by atoms with Gasteiger partial charge in [-0.05, 0) is 47.2 Å². The third-order valence-corrected chi connectivity index (χ3v) is 5.06. The number of hydrogen-bond acceptors (Lipinski definition) is 7. The van der Waals surface area contributed by atoms with E-state index in [1.54, 1.807) is 41.3 Å². The first-order chi connectivity index (χ1) is 16.8. The molecule has 4 aromatic rings. The lowest BCUT2D eigenvalue weighted by molar-refractivity contribution is 0.0950. The summed E-state index contributed by atoms with van der Waals surface area (Å²) in [6.45, 7) is 5.94. The summed E-state index contributed by atoms with van der Waals surface area (Å²) in [6.07, 6.45) is 3.50. The van der Waals surface area contributed by atoms with Crippen LogP contribution in [0.25, 0.3) is 23.0 Å². The lowest BCUT2D eigenvalue weighted by atomic mass is 10.0. The average molecular weight is 476 g/mol. The minimum Gasteiger partial charge on any atom is -0.346 e. The van der Waals surface area contributed by atoms with E-state index in [9.17, 15) is 13.6 Å². The molecule has 0 aliphatic heterocycles. The van der Waals surface area contributed by atoms with E-state index in [1.165, 1.54) is 12.3 Å². The van der Waals surface area contributed by atoms with E-state index >= 15 is 0 Å². The van der Waals surface area contributed by atoms with E-state index < -0.39 is 6.08 Å². The number of hydrogen-bond donors (Lipinski definition) is 1. The minimum absolute atomic E-state index is 0.0332. The smallest absolute Gasteiger partial charge is 0.270 e. The van der Waals surface area contributed by atoms with Gasteiger partial charge in [-0.25, -0.2) is 0 Å². The van der Waals surface area contributed by atoms with Crippen molar-refractivity contribution < 1.29 is 13.6 Å². The minimum atomic E-state index is -1.81. The Labute approximate surface area is 200 Å². The van der Waals surface area contributed by atoms with Crippen molar-refractivity contribution in [2.75, 3.05) is 0 Å². The molecule has 35 heavy (non-hydrogen) atoms. The number of benzene rings is 1. The van der Waals surface area contributed by atoms with E-state index in [0.29, 0.717) is 34.0 Å². The first-order valence-electron chi connectivity index (χ1n) is 10.8. The zero-order chi connectivity index (χ0) is 24.9. The number of halogens is 2. The van der Waals surface area contributed by atoms with Crippen molar-refractivity contribution in [2.45, 2.75) is 33.2 Å². The van der Waals surface area contributed by atoms with Crippen LogP contribution < -0.4 is 5.32 Å². The second-order valence-corrected chi connectivity index (χ2v) is 8.11. The van der Waals surface area contributed by atoms with Gasteiger partial charge in [-0.15, -0.1) is 5.10 Å². The Balaban J connectivity index is 1.71. The maximum Gasteiger partial charge on any atom is 0.270 e. The van der Waals surface area contributed by atoms with Crippen LogP contribution in [0.1, 0.15) is 52.9 Å². The van der Waals surface area contributed by atoms with E-state index in [-0.39, 0.29) is 23.9 Å². The van der Waals surface area contributed by atoms with Gasteiger partial charge < -0.3 is 5.32 Å². The van der Waals surface area contributed by atoms with Gasteiger partial charge in [0.25, 0.3) is 12.0 Å². The van der Waals surface area contributed by atoms with Crippen molar-refractivity contribution in [3.63, 3.8) is 0 Å². The summed E-state index contributed by atoms with van der Waals surface area (Å²) in [4.78, 5) is 25.8. The molecule has 4 rings (SSSR count). The highest BCUT2D eigenvalue weighted by Crippen LogP contribution is 2.25. The molecule has 3 aromatic heterocycles. The largest absolute Gasteiger partial charge is 0.346 e. The van der Waals surface area contributed by atoms with E-state index in [2.05, 4.69) is 35.8 Å². The van der Waals surface area contributed by atoms with Crippen molar-refractivity contribution in [1.29, 1.82) is 0 Å². The summed E-state index contributed by atoms with van der Waals surface area (Å²) in [5.74, 6) is 0.315. The Morgan fingerprint density at radius 2 is 1.91 bits per heavy atom. The molecule has 0 aliphatic carbocycles. The summed E-state index contributed by atoms with van der Waals surface area (Å²) in [6, 6.07) is 8.28. The molecular formula is C24H22F2N8O. The first-order valence-corrected chi connectivity index (χ1v) is 10.8. The van der Waals surface area contributed by atoms with Gasteiger partial charge in [-0.1, -0.05) is 19.9 Å². The fourth-order valence-electron chi connectivity index (χ4n) is 3.32. The second-order valence-electron chi connectivity index (χ2n) is 8.11. The van der Waals surface area contributed by atoms with Crippen LogP contribution in [0, 0.1) is 6.92 Å². The third-order valence-electron chi connectivity index (χ3n) is 5.06. The Kier molecular flexibility index (Phi) is 6.95. The number of nitrogens with one attached hydrogen (secondary N) is 1. The zero-order valence-corrected chi connectivity index (χ0v) is 19.3. The highest BCUT2D eigenvalue weighted by atomic mass is 19.3. The molecule has 0 spiro atoms. The first kappa shape index (κ1) is 23.7. The van der Waals surface area contributed by atoms with Crippen LogP contribution in [-0.2, 0) is 6.54 Å². The van der Waals surface area contributed by atoms with Crippen LogP contribution in [0.5, 0.6) is 0 Å². The summed E-state index contributed by atoms with van der Waals surface area (Å²) in [5, 5.41) is 14.8. The number of aryl methyl sites for hydroxylation is 1. The molecule has 11 heteroatoms. The Bertz CT molecular complexity index is 1360. The number of rotatable bonds is 7. The van der Waals surface area contributed by atoms with E-state index in [1.807, 2.05) is 20.8 Å². The van der Waals surface area contributed by atoms with Crippen LogP contribution in [-0.4, -0.2) is 41.1 Å². The monoisotopic (exact) mass is 476 g/mol. The van der Waals surface area contributed by atoms with Gasteiger partial charge in [0.1, 0.15) is 0 Å². The molecule has 1 aromatic carbocycles. The molecule has 0 radical (unpaired) electrons. The summed E-state index contributed by atoms with van der Waals surface area (Å²) < 4.78 is 26.7. The lowest BCUT2D eigenvalue weighted by Gasteiger charge is -2.12. The van der Waals surface area contributed by atoms with E-state index in [0.717, 1.165) is 11.8 Å². The molecule has 0 bridgehead atoms. The fraction of sp³-hybridized carbons (Fsp3) is 0.208. The van der Waals surface area contributed by atoms with Gasteiger partial charge in [0, 0.05) is 35.5 Å². The van der Waals surface area contributed by atoms with Crippen molar-refractivity contribution in [3.8, 4) is 16.9 Å². The highest BCUT2D eigenvalue weighted by molar-refractivity contribution is 5.96. The topological polar surface area (TPSA) is 111 Å². The van der Waals surface area contributed by atoms with Crippen LogP contribution >= 0.6 is 0 Å². The number of tetrazole rings is 1. The molecule has 0 fully saturated rings. The summed E-state index contributed by atoms with van der Waals surface area (Å²) >= 11 is 0. The fourth-order valence-corrected chi connectivity index (χ4v) is 3.32. The standard InChI is InChI=1S/C24H22F2N8O/c1-14(2)23-31-32-33-34(23)20-8-17(21-5-4-16(11-29-21)6-22(25)26)7-18(9-20)24(35)30-13-19-12-27-15(3)10-28-19/h4-12,14H,13H2,1-3H3,(H,30,35). The molecular weight excluding hydrogens is 454 g/mol. The molecule has 3 heterocycles. The molecule has 0 saturated carbocycles. The molecule has 1 N–H and O–H groups in total. The number of amides is 1. The Morgan fingerprint density at radius 3 is 2.57 bits per heavy atom. The van der Waals surface area contributed by atoms with Crippen molar-refractivity contribution in [1.82, 2.24) is 40.5 Å². The number of pyridine rings is 1. The predicted octanol–water partition coefficient (Wildman–Crippen LogP) is 4.11. The van der Waals surface area contributed by atoms with Gasteiger partial charge in [0.15, 0.2) is 5.82 Å². The van der Waals surface area contributed by atoms with Crippen LogP contribution in [0.2, 0.25) is 0 Å². The molecule has 0 unspecified atom stereocenters. The predicted molar refractivity (Wildman–Crippen MR) is 125 cm³/mol. The average Bonchev–Trinajstić information content (AvgIpc) is 3.34. The molecule has 9 nitrogen and oxygen atoms in total. The Morgan fingerprint density at radius 1 is 1.09 bits per heavy atom. The Hall–Kier alpha value is -4.41. The van der Waals surface area contributed by atoms with Crippen molar-refractivity contribution in [2.24, 2.45) is 0 Å². The summed E-state index contributed by atoms with van der Waals surface area (Å²) in [7, 11) is 0. The normalized spacial score (nSPS) is 10.9. The molecule has 0 saturated heterocycles. The number of aromatic nitrogens is 7. The number of carbonyl (C=O) groups is 1. The van der Waals surface area contributed by atoms with Gasteiger partial charge >= 0.3 is 0 Å². The van der Waals surface area contributed by atoms with Gasteiger partial charge in [-0.2, -0.15) is 13.5 Å². The quantitative estimate of drug-likeness (QED) is 0.427. The van der Waals surface area contributed by atoms with Crippen LogP contribution in [0.15, 0.2) is 55.0 Å². The molecule has 178 valence electrons.